The summed E-state index contributed by atoms with van der Waals surface area (Å²) in [5, 5.41) is 3.55. The maximum absolute atomic E-state index is 3.55. The summed E-state index contributed by atoms with van der Waals surface area (Å²) in [5.41, 5.74) is 1.91. The van der Waals surface area contributed by atoms with Gasteiger partial charge in [0.05, 0.1) is 0 Å². The zero-order valence-corrected chi connectivity index (χ0v) is 13.6. The molecule has 116 valence electrons. The summed E-state index contributed by atoms with van der Waals surface area (Å²) < 4.78 is 0. The van der Waals surface area contributed by atoms with E-state index in [0.717, 1.165) is 25.0 Å². The summed E-state index contributed by atoms with van der Waals surface area (Å²) in [5.74, 6) is 0.841. The molecule has 0 bridgehead atoms. The lowest BCUT2D eigenvalue weighted by Gasteiger charge is -2.46. The van der Waals surface area contributed by atoms with Gasteiger partial charge in [-0.05, 0) is 63.7 Å². The van der Waals surface area contributed by atoms with Crippen molar-refractivity contribution in [2.75, 3.05) is 26.2 Å². The van der Waals surface area contributed by atoms with Crippen LogP contribution in [0.5, 0.6) is 0 Å². The van der Waals surface area contributed by atoms with E-state index in [1.54, 1.807) is 5.56 Å². The molecule has 2 saturated heterocycles. The van der Waals surface area contributed by atoms with Crippen molar-refractivity contribution in [3.63, 3.8) is 0 Å². The Bertz CT molecular complexity index is 436. The fourth-order valence-corrected chi connectivity index (χ4v) is 4.27. The van der Waals surface area contributed by atoms with E-state index in [0.29, 0.717) is 5.41 Å². The minimum absolute atomic E-state index is 0.359. The Balaban J connectivity index is 1.83. The van der Waals surface area contributed by atoms with Crippen molar-refractivity contribution in [1.82, 2.24) is 10.2 Å². The number of hydrogen-bond donors (Lipinski definition) is 1. The molecule has 2 atom stereocenters. The predicted octanol–water partition coefficient (Wildman–Crippen LogP) is 3.43. The highest BCUT2D eigenvalue weighted by molar-refractivity contribution is 5.27. The third kappa shape index (κ3) is 3.17. The average Bonchev–Trinajstić information content (AvgIpc) is 2.54. The van der Waals surface area contributed by atoms with Crippen molar-refractivity contribution in [2.24, 2.45) is 5.92 Å². The van der Waals surface area contributed by atoms with Crippen LogP contribution in [0, 0.1) is 5.92 Å². The lowest BCUT2D eigenvalue weighted by Crippen LogP contribution is -2.52. The van der Waals surface area contributed by atoms with Crippen LogP contribution in [0.2, 0.25) is 0 Å². The summed E-state index contributed by atoms with van der Waals surface area (Å²) in [4.78, 5) is 2.77. The maximum Gasteiger partial charge on any atom is 0.0104 e. The third-order valence-electron chi connectivity index (χ3n) is 5.96. The van der Waals surface area contributed by atoms with Crippen molar-refractivity contribution in [3.8, 4) is 0 Å². The second kappa shape index (κ2) is 6.50. The molecule has 0 spiro atoms. The molecule has 1 aromatic carbocycles. The SMILES string of the molecule is CC1CCCN(CC2(c3ccccc3)CCNCC2)C1C. The van der Waals surface area contributed by atoms with Crippen LogP contribution in [0.1, 0.15) is 45.1 Å². The number of benzene rings is 1. The zero-order valence-electron chi connectivity index (χ0n) is 13.6. The van der Waals surface area contributed by atoms with E-state index in [4.69, 9.17) is 0 Å². The van der Waals surface area contributed by atoms with Gasteiger partial charge in [0.25, 0.3) is 0 Å². The average molecular weight is 286 g/mol. The van der Waals surface area contributed by atoms with Gasteiger partial charge >= 0.3 is 0 Å². The van der Waals surface area contributed by atoms with E-state index in [2.05, 4.69) is 54.4 Å². The van der Waals surface area contributed by atoms with Gasteiger partial charge in [0.1, 0.15) is 0 Å². The Morgan fingerprint density at radius 1 is 1.14 bits per heavy atom. The number of rotatable bonds is 3. The molecule has 1 aromatic rings. The van der Waals surface area contributed by atoms with Gasteiger partial charge < -0.3 is 5.32 Å². The summed E-state index contributed by atoms with van der Waals surface area (Å²) in [6.45, 7) is 9.70. The van der Waals surface area contributed by atoms with Gasteiger partial charge in [0.2, 0.25) is 0 Å². The second-order valence-electron chi connectivity index (χ2n) is 7.23. The first-order valence-electron chi connectivity index (χ1n) is 8.72. The van der Waals surface area contributed by atoms with Crippen LogP contribution in [-0.2, 0) is 5.41 Å². The van der Waals surface area contributed by atoms with Crippen molar-refractivity contribution < 1.29 is 0 Å². The van der Waals surface area contributed by atoms with Crippen LogP contribution in [0.4, 0.5) is 0 Å². The van der Waals surface area contributed by atoms with E-state index in [1.807, 2.05) is 0 Å². The molecule has 1 N–H and O–H groups in total. The molecule has 2 aliphatic heterocycles. The molecular formula is C19H30N2. The fourth-order valence-electron chi connectivity index (χ4n) is 4.27. The molecule has 0 radical (unpaired) electrons. The highest BCUT2D eigenvalue weighted by Crippen LogP contribution is 2.36. The fraction of sp³-hybridized carbons (Fsp3) is 0.684. The lowest BCUT2D eigenvalue weighted by molar-refractivity contribution is 0.0750. The monoisotopic (exact) mass is 286 g/mol. The highest BCUT2D eigenvalue weighted by atomic mass is 15.2. The number of likely N-dealkylation sites (tertiary alicyclic amines) is 1. The summed E-state index contributed by atoms with van der Waals surface area (Å²) >= 11 is 0. The van der Waals surface area contributed by atoms with Gasteiger partial charge in [-0.15, -0.1) is 0 Å². The van der Waals surface area contributed by atoms with Gasteiger partial charge in [0, 0.05) is 18.0 Å². The van der Waals surface area contributed by atoms with Crippen LogP contribution < -0.4 is 5.32 Å². The summed E-state index contributed by atoms with van der Waals surface area (Å²) in [7, 11) is 0. The Labute approximate surface area is 129 Å². The van der Waals surface area contributed by atoms with Crippen LogP contribution >= 0.6 is 0 Å². The zero-order chi connectivity index (χ0) is 14.7. The molecule has 2 nitrogen and oxygen atoms in total. The first-order chi connectivity index (χ1) is 10.2. The van der Waals surface area contributed by atoms with E-state index >= 15 is 0 Å². The molecule has 2 aliphatic rings. The Kier molecular flexibility index (Phi) is 4.66. The standard InChI is InChI=1S/C19H30N2/c1-16-7-6-14-21(17(16)2)15-19(10-12-20-13-11-19)18-8-4-3-5-9-18/h3-5,8-9,16-17,20H,6-7,10-15H2,1-2H3. The molecule has 2 unspecified atom stereocenters. The Morgan fingerprint density at radius 3 is 2.57 bits per heavy atom. The molecular weight excluding hydrogens is 256 g/mol. The van der Waals surface area contributed by atoms with Crippen LogP contribution in [0.25, 0.3) is 0 Å². The van der Waals surface area contributed by atoms with Gasteiger partial charge in [0.15, 0.2) is 0 Å². The predicted molar refractivity (Wildman–Crippen MR) is 89.7 cm³/mol. The third-order valence-corrected chi connectivity index (χ3v) is 5.96. The van der Waals surface area contributed by atoms with Gasteiger partial charge in [-0.1, -0.05) is 37.3 Å². The maximum atomic E-state index is 3.55. The Morgan fingerprint density at radius 2 is 1.86 bits per heavy atom. The first kappa shape index (κ1) is 15.1. The smallest absolute Gasteiger partial charge is 0.0104 e. The van der Waals surface area contributed by atoms with Crippen LogP contribution in [0.15, 0.2) is 30.3 Å². The summed E-state index contributed by atoms with van der Waals surface area (Å²) in [6.07, 6.45) is 5.31. The van der Waals surface area contributed by atoms with E-state index in [-0.39, 0.29) is 0 Å². The van der Waals surface area contributed by atoms with Crippen molar-refractivity contribution in [2.45, 2.75) is 51.0 Å². The van der Waals surface area contributed by atoms with E-state index in [1.165, 1.54) is 38.8 Å². The normalized spacial score (nSPS) is 30.2. The first-order valence-corrected chi connectivity index (χ1v) is 8.72. The number of nitrogens with one attached hydrogen (secondary N) is 1. The molecule has 21 heavy (non-hydrogen) atoms. The minimum Gasteiger partial charge on any atom is -0.317 e. The molecule has 0 amide bonds. The van der Waals surface area contributed by atoms with Crippen LogP contribution in [0.3, 0.4) is 0 Å². The Hall–Kier alpha value is -0.860. The number of piperidine rings is 2. The van der Waals surface area contributed by atoms with Crippen LogP contribution in [-0.4, -0.2) is 37.1 Å². The molecule has 0 aliphatic carbocycles. The summed E-state index contributed by atoms with van der Waals surface area (Å²) in [6, 6.07) is 12.0. The van der Waals surface area contributed by atoms with E-state index < -0.39 is 0 Å². The minimum atomic E-state index is 0.359. The second-order valence-corrected chi connectivity index (χ2v) is 7.23. The van der Waals surface area contributed by atoms with E-state index in [9.17, 15) is 0 Å². The quantitative estimate of drug-likeness (QED) is 0.916. The highest BCUT2D eigenvalue weighted by Gasteiger charge is 2.38. The number of nitrogens with zero attached hydrogens (tertiary/aromatic N) is 1. The molecule has 0 aromatic heterocycles. The van der Waals surface area contributed by atoms with Gasteiger partial charge in [-0.25, -0.2) is 0 Å². The molecule has 3 rings (SSSR count). The largest absolute Gasteiger partial charge is 0.317 e. The van der Waals surface area contributed by atoms with Crippen molar-refractivity contribution in [3.05, 3.63) is 35.9 Å². The molecule has 2 heteroatoms. The van der Waals surface area contributed by atoms with Gasteiger partial charge in [-0.2, -0.15) is 0 Å². The van der Waals surface area contributed by atoms with Crippen molar-refractivity contribution in [1.29, 1.82) is 0 Å². The topological polar surface area (TPSA) is 15.3 Å². The molecule has 2 heterocycles. The molecule has 0 saturated carbocycles. The van der Waals surface area contributed by atoms with Gasteiger partial charge in [-0.3, -0.25) is 4.90 Å². The van der Waals surface area contributed by atoms with Crippen molar-refractivity contribution >= 4 is 0 Å². The molecule has 2 fully saturated rings. The number of hydrogen-bond acceptors (Lipinski definition) is 2. The lowest BCUT2D eigenvalue weighted by atomic mass is 9.72.